The summed E-state index contributed by atoms with van der Waals surface area (Å²) in [5.41, 5.74) is -0.604. The van der Waals surface area contributed by atoms with Gasteiger partial charge >= 0.3 is 17.8 Å². The Bertz CT molecular complexity index is 963. The molecule has 0 atom stereocenters. The highest BCUT2D eigenvalue weighted by Crippen LogP contribution is 2.26. The summed E-state index contributed by atoms with van der Waals surface area (Å²) < 4.78 is 6.62. The zero-order chi connectivity index (χ0) is 21.8. The highest BCUT2D eigenvalue weighted by atomic mass is 35.5. The van der Waals surface area contributed by atoms with Crippen LogP contribution in [0.25, 0.3) is 5.69 Å². The van der Waals surface area contributed by atoms with E-state index in [0.29, 0.717) is 43.8 Å². The van der Waals surface area contributed by atoms with Crippen molar-refractivity contribution in [2.75, 3.05) is 26.2 Å². The number of tetrazole rings is 1. The third-order valence-electron chi connectivity index (χ3n) is 4.93. The second-order valence-corrected chi connectivity index (χ2v) is 7.46. The zero-order valence-corrected chi connectivity index (χ0v) is 18.1. The first-order valence-electron chi connectivity index (χ1n) is 9.61. The molecular weight excluding hydrogens is 435 g/mol. The van der Waals surface area contributed by atoms with Crippen LogP contribution in [-0.4, -0.2) is 74.0 Å². The Morgan fingerprint density at radius 2 is 1.80 bits per heavy atom. The Hall–Kier alpha value is -2.59. The lowest BCUT2D eigenvalue weighted by molar-refractivity contribution is 0.0820. The summed E-state index contributed by atoms with van der Waals surface area (Å²) in [5, 5.41) is 7.93. The number of nitrogens with zero attached hydrogens (tertiary/aromatic N) is 6. The third kappa shape index (κ3) is 4.29. The molecular formula is C18H22Cl2N6O4. The maximum Gasteiger partial charge on any atom is 0.409 e. The molecule has 1 aliphatic heterocycles. The number of halogens is 2. The van der Waals surface area contributed by atoms with Crippen LogP contribution in [0.1, 0.15) is 26.7 Å². The molecule has 1 aliphatic rings. The van der Waals surface area contributed by atoms with Gasteiger partial charge in [-0.15, -0.1) is 4.68 Å². The first-order valence-corrected chi connectivity index (χ1v) is 10.4. The van der Waals surface area contributed by atoms with Gasteiger partial charge in [-0.05, 0) is 49.2 Å². The zero-order valence-electron chi connectivity index (χ0n) is 16.6. The van der Waals surface area contributed by atoms with Gasteiger partial charge in [0.25, 0.3) is 0 Å². The maximum absolute atomic E-state index is 13.0. The van der Waals surface area contributed by atoms with Crippen molar-refractivity contribution in [2.24, 2.45) is 0 Å². The third-order valence-corrected chi connectivity index (χ3v) is 5.54. The molecule has 10 nitrogen and oxygen atoms in total. The summed E-state index contributed by atoms with van der Waals surface area (Å²) in [6.07, 6.45) is 0.774. The Balaban J connectivity index is 1.79. The molecule has 1 fully saturated rings. The average Bonchev–Trinajstić information content (AvgIpc) is 3.10. The number of piperidine rings is 1. The van der Waals surface area contributed by atoms with Crippen LogP contribution in [0, 0.1) is 0 Å². The summed E-state index contributed by atoms with van der Waals surface area (Å²) in [7, 11) is 0. The van der Waals surface area contributed by atoms with Crippen molar-refractivity contribution in [3.63, 3.8) is 0 Å². The number of hydrogen-bond donors (Lipinski definition) is 0. The van der Waals surface area contributed by atoms with Gasteiger partial charge in [-0.25, -0.2) is 14.4 Å². The molecule has 2 amide bonds. The maximum atomic E-state index is 13.0. The summed E-state index contributed by atoms with van der Waals surface area (Å²) in [6, 6.07) is 4.02. The molecule has 1 aromatic carbocycles. The minimum absolute atomic E-state index is 0.144. The largest absolute Gasteiger partial charge is 0.450 e. The average molecular weight is 457 g/mol. The van der Waals surface area contributed by atoms with Crippen molar-refractivity contribution in [1.82, 2.24) is 29.6 Å². The molecule has 0 spiro atoms. The smallest absolute Gasteiger partial charge is 0.409 e. The van der Waals surface area contributed by atoms with E-state index in [1.807, 2.05) is 6.92 Å². The lowest BCUT2D eigenvalue weighted by atomic mass is 10.0. The molecule has 30 heavy (non-hydrogen) atoms. The molecule has 0 bridgehead atoms. The molecule has 12 heteroatoms. The molecule has 0 aliphatic carbocycles. The van der Waals surface area contributed by atoms with Crippen molar-refractivity contribution in [2.45, 2.75) is 32.7 Å². The van der Waals surface area contributed by atoms with E-state index in [4.69, 9.17) is 27.9 Å². The molecule has 2 heterocycles. The highest BCUT2D eigenvalue weighted by Gasteiger charge is 2.31. The van der Waals surface area contributed by atoms with Crippen LogP contribution in [0.4, 0.5) is 9.59 Å². The Labute approximate surface area is 182 Å². The van der Waals surface area contributed by atoms with Crippen molar-refractivity contribution >= 4 is 35.3 Å². The molecule has 0 unspecified atom stereocenters. The van der Waals surface area contributed by atoms with Gasteiger partial charge in [0.2, 0.25) is 0 Å². The van der Waals surface area contributed by atoms with Crippen molar-refractivity contribution in [1.29, 1.82) is 0 Å². The van der Waals surface area contributed by atoms with E-state index in [2.05, 4.69) is 10.4 Å². The van der Waals surface area contributed by atoms with Crippen LogP contribution in [-0.2, 0) is 4.74 Å². The number of rotatable bonds is 4. The number of carbonyl (C=O) groups is 2. The second-order valence-electron chi connectivity index (χ2n) is 6.64. The van der Waals surface area contributed by atoms with E-state index in [9.17, 15) is 14.4 Å². The van der Waals surface area contributed by atoms with Crippen molar-refractivity contribution < 1.29 is 14.3 Å². The number of amides is 2. The van der Waals surface area contributed by atoms with Crippen LogP contribution in [0.2, 0.25) is 10.0 Å². The SMILES string of the molecule is CCOC(=O)N1CCC(N(CC)C(=O)n2nnn(-c3c(Cl)cccc3Cl)c2=O)CC1. The van der Waals surface area contributed by atoms with Crippen LogP contribution in [0.3, 0.4) is 0 Å². The monoisotopic (exact) mass is 456 g/mol. The van der Waals surface area contributed by atoms with Gasteiger partial charge in [0.05, 0.1) is 16.7 Å². The lowest BCUT2D eigenvalue weighted by Gasteiger charge is -2.37. The molecule has 2 aromatic rings. The number of benzene rings is 1. The van der Waals surface area contributed by atoms with E-state index >= 15 is 0 Å². The molecule has 0 saturated carbocycles. The number of para-hydroxylation sites is 1. The summed E-state index contributed by atoms with van der Waals surface area (Å²) >= 11 is 12.3. The quantitative estimate of drug-likeness (QED) is 0.655. The van der Waals surface area contributed by atoms with Crippen molar-refractivity contribution in [3.05, 3.63) is 38.7 Å². The minimum atomic E-state index is -0.766. The van der Waals surface area contributed by atoms with Gasteiger partial charge in [0.1, 0.15) is 5.69 Å². The lowest BCUT2D eigenvalue weighted by Crippen LogP contribution is -2.51. The highest BCUT2D eigenvalue weighted by molar-refractivity contribution is 6.37. The normalized spacial score (nSPS) is 14.6. The summed E-state index contributed by atoms with van der Waals surface area (Å²) in [6.45, 7) is 5.18. The van der Waals surface area contributed by atoms with E-state index in [-0.39, 0.29) is 27.9 Å². The topological polar surface area (TPSA) is 103 Å². The fourth-order valence-corrected chi connectivity index (χ4v) is 4.00. The van der Waals surface area contributed by atoms with E-state index in [1.165, 1.54) is 0 Å². The van der Waals surface area contributed by atoms with Gasteiger partial charge in [0.15, 0.2) is 0 Å². The number of hydrogen-bond acceptors (Lipinski definition) is 6. The predicted octanol–water partition coefficient (Wildman–Crippen LogP) is 2.65. The van der Waals surface area contributed by atoms with E-state index in [0.717, 1.165) is 4.68 Å². The molecule has 162 valence electrons. The van der Waals surface area contributed by atoms with Gasteiger partial charge in [-0.1, -0.05) is 29.3 Å². The first-order chi connectivity index (χ1) is 14.4. The van der Waals surface area contributed by atoms with Crippen molar-refractivity contribution in [3.8, 4) is 5.69 Å². The fraction of sp³-hybridized carbons (Fsp3) is 0.500. The Kier molecular flexibility index (Phi) is 6.99. The molecule has 3 rings (SSSR count). The van der Waals surface area contributed by atoms with Gasteiger partial charge in [-0.2, -0.15) is 4.68 Å². The molecule has 0 radical (unpaired) electrons. The van der Waals surface area contributed by atoms with E-state index < -0.39 is 11.7 Å². The van der Waals surface area contributed by atoms with E-state index in [1.54, 1.807) is 34.9 Å². The number of likely N-dealkylation sites (tertiary alicyclic amines) is 1. The Morgan fingerprint density at radius 3 is 2.37 bits per heavy atom. The molecule has 1 saturated heterocycles. The number of carbonyl (C=O) groups excluding carboxylic acids is 2. The predicted molar refractivity (Wildman–Crippen MR) is 110 cm³/mol. The molecule has 1 aromatic heterocycles. The van der Waals surface area contributed by atoms with Gasteiger partial charge in [0, 0.05) is 25.7 Å². The Morgan fingerprint density at radius 1 is 1.17 bits per heavy atom. The van der Waals surface area contributed by atoms with Crippen LogP contribution in [0.15, 0.2) is 23.0 Å². The van der Waals surface area contributed by atoms with Gasteiger partial charge in [-0.3, -0.25) is 0 Å². The summed E-state index contributed by atoms with van der Waals surface area (Å²) in [4.78, 5) is 40.9. The first kappa shape index (κ1) is 22.1. The fourth-order valence-electron chi connectivity index (χ4n) is 3.44. The van der Waals surface area contributed by atoms with Crippen LogP contribution >= 0.6 is 23.2 Å². The second kappa shape index (κ2) is 9.48. The number of ether oxygens (including phenoxy) is 1. The van der Waals surface area contributed by atoms with Crippen LogP contribution in [0.5, 0.6) is 0 Å². The number of aromatic nitrogens is 4. The standard InChI is InChI=1S/C18H22Cl2N6O4/c1-3-24(12-8-10-23(11-9-12)18(29)30-4-2)16(27)26-17(28)25(21-22-26)15-13(19)6-5-7-14(15)20/h5-7,12H,3-4,8-11H2,1-2H3. The molecule has 0 N–H and O–H groups in total. The van der Waals surface area contributed by atoms with Crippen LogP contribution < -0.4 is 5.69 Å². The minimum Gasteiger partial charge on any atom is -0.450 e. The summed E-state index contributed by atoms with van der Waals surface area (Å²) in [5.74, 6) is 0. The van der Waals surface area contributed by atoms with Gasteiger partial charge < -0.3 is 14.5 Å².